The normalized spacial score (nSPS) is 17.1. The Kier molecular flexibility index (Phi) is 4.76. The Morgan fingerprint density at radius 3 is 2.54 bits per heavy atom. The summed E-state index contributed by atoms with van der Waals surface area (Å²) >= 11 is 6.16. The molecule has 0 amide bonds. The predicted molar refractivity (Wildman–Crippen MR) is 92.5 cm³/mol. The summed E-state index contributed by atoms with van der Waals surface area (Å²) in [5.74, 6) is 0.531. The second kappa shape index (κ2) is 6.66. The summed E-state index contributed by atoms with van der Waals surface area (Å²) < 4.78 is 27.3. The van der Waals surface area contributed by atoms with Crippen LogP contribution in [0.5, 0.6) is 0 Å². The number of piperidine rings is 1. The molecular weight excluding hydrogens is 350 g/mol. The molecule has 1 fully saturated rings. The standard InChI is InChI=1S/C16H18ClN3O3S/c1-11-6-8-20(9-7-11)24(22,23)15-10-12(2-3-13(15)17)14-4-5-16(21)19-18-14/h2-5,10-11H,6-9H2,1H3,(H,19,21). The molecule has 1 N–H and O–H groups in total. The fourth-order valence-corrected chi connectivity index (χ4v) is 4.70. The zero-order valence-corrected chi connectivity index (χ0v) is 14.8. The summed E-state index contributed by atoms with van der Waals surface area (Å²) in [5, 5.41) is 6.46. The van der Waals surface area contributed by atoms with E-state index >= 15 is 0 Å². The molecule has 0 radical (unpaired) electrons. The Labute approximate surface area is 145 Å². The fraction of sp³-hybridized carbons (Fsp3) is 0.375. The summed E-state index contributed by atoms with van der Waals surface area (Å²) in [7, 11) is -3.65. The Morgan fingerprint density at radius 2 is 1.92 bits per heavy atom. The maximum absolute atomic E-state index is 12.9. The van der Waals surface area contributed by atoms with E-state index in [2.05, 4.69) is 17.1 Å². The van der Waals surface area contributed by atoms with Crippen molar-refractivity contribution in [2.24, 2.45) is 5.92 Å². The van der Waals surface area contributed by atoms with Crippen molar-refractivity contribution in [3.8, 4) is 11.3 Å². The third-order valence-electron chi connectivity index (χ3n) is 4.27. The van der Waals surface area contributed by atoms with Gasteiger partial charge in [0.2, 0.25) is 10.0 Å². The van der Waals surface area contributed by atoms with Crippen LogP contribution in [0.2, 0.25) is 5.02 Å². The number of halogens is 1. The smallest absolute Gasteiger partial charge is 0.264 e. The lowest BCUT2D eigenvalue weighted by Gasteiger charge is -2.29. The van der Waals surface area contributed by atoms with Crippen LogP contribution in [0.25, 0.3) is 11.3 Å². The van der Waals surface area contributed by atoms with E-state index in [4.69, 9.17) is 11.6 Å². The molecule has 1 aromatic carbocycles. The minimum absolute atomic E-state index is 0.0734. The second-order valence-corrected chi connectivity index (χ2v) is 8.35. The molecule has 6 nitrogen and oxygen atoms in total. The lowest BCUT2D eigenvalue weighted by atomic mass is 10.0. The summed E-state index contributed by atoms with van der Waals surface area (Å²) in [6.45, 7) is 3.13. The Balaban J connectivity index is 1.99. The highest BCUT2D eigenvalue weighted by Crippen LogP contribution is 2.31. The quantitative estimate of drug-likeness (QED) is 0.903. The third-order valence-corrected chi connectivity index (χ3v) is 6.65. The van der Waals surface area contributed by atoms with Crippen LogP contribution in [0.15, 0.2) is 40.0 Å². The van der Waals surface area contributed by atoms with Gasteiger partial charge in [-0.3, -0.25) is 4.79 Å². The number of H-pyrrole nitrogens is 1. The molecule has 0 aliphatic carbocycles. The second-order valence-electron chi connectivity index (χ2n) is 6.04. The van der Waals surface area contributed by atoms with Crippen LogP contribution in [0.3, 0.4) is 0 Å². The van der Waals surface area contributed by atoms with Gasteiger partial charge in [0.25, 0.3) is 5.56 Å². The topological polar surface area (TPSA) is 83.1 Å². The molecule has 3 rings (SSSR count). The van der Waals surface area contributed by atoms with Crippen LogP contribution in [-0.4, -0.2) is 36.0 Å². The molecule has 8 heteroatoms. The maximum Gasteiger partial charge on any atom is 0.264 e. The summed E-state index contributed by atoms with van der Waals surface area (Å²) in [4.78, 5) is 11.2. The molecule has 1 aliphatic rings. The number of nitrogens with zero attached hydrogens (tertiary/aromatic N) is 2. The first kappa shape index (κ1) is 17.1. The molecule has 1 aliphatic heterocycles. The highest BCUT2D eigenvalue weighted by molar-refractivity contribution is 7.89. The van der Waals surface area contributed by atoms with Crippen LogP contribution < -0.4 is 5.56 Å². The molecule has 0 atom stereocenters. The summed E-state index contributed by atoms with van der Waals surface area (Å²) in [6.07, 6.45) is 1.69. The van der Waals surface area contributed by atoms with E-state index in [1.807, 2.05) is 0 Å². The van der Waals surface area contributed by atoms with E-state index in [0.29, 0.717) is 30.3 Å². The molecule has 0 spiro atoms. The maximum atomic E-state index is 12.9. The molecule has 2 heterocycles. The van der Waals surface area contributed by atoms with E-state index in [0.717, 1.165) is 12.8 Å². The van der Waals surface area contributed by atoms with Crippen molar-refractivity contribution in [3.63, 3.8) is 0 Å². The number of aromatic amines is 1. The van der Waals surface area contributed by atoms with Gasteiger partial charge in [-0.25, -0.2) is 13.5 Å². The molecule has 24 heavy (non-hydrogen) atoms. The van der Waals surface area contributed by atoms with Crippen molar-refractivity contribution < 1.29 is 8.42 Å². The van der Waals surface area contributed by atoms with E-state index in [1.54, 1.807) is 18.2 Å². The summed E-state index contributed by atoms with van der Waals surface area (Å²) in [5.41, 5.74) is 0.748. The first-order valence-corrected chi connectivity index (χ1v) is 9.55. The van der Waals surface area contributed by atoms with Crippen LogP contribution in [0.4, 0.5) is 0 Å². The van der Waals surface area contributed by atoms with E-state index in [9.17, 15) is 13.2 Å². The molecular formula is C16H18ClN3O3S. The number of rotatable bonds is 3. The van der Waals surface area contributed by atoms with Crippen LogP contribution >= 0.6 is 11.6 Å². The number of aromatic nitrogens is 2. The summed E-state index contributed by atoms with van der Waals surface area (Å²) in [6, 6.07) is 7.62. The van der Waals surface area contributed by atoms with Gasteiger partial charge in [0.1, 0.15) is 4.90 Å². The number of sulfonamides is 1. The monoisotopic (exact) mass is 367 g/mol. The average Bonchev–Trinajstić information content (AvgIpc) is 2.56. The van der Waals surface area contributed by atoms with Crippen LogP contribution in [-0.2, 0) is 10.0 Å². The van der Waals surface area contributed by atoms with Gasteiger partial charge in [0, 0.05) is 24.7 Å². The van der Waals surface area contributed by atoms with Crippen molar-refractivity contribution >= 4 is 21.6 Å². The Hall–Kier alpha value is -1.70. The number of hydrogen-bond donors (Lipinski definition) is 1. The van der Waals surface area contributed by atoms with E-state index in [1.165, 1.54) is 16.4 Å². The first-order valence-electron chi connectivity index (χ1n) is 7.74. The van der Waals surface area contributed by atoms with Crippen molar-refractivity contribution in [3.05, 3.63) is 45.7 Å². The molecule has 0 unspecified atom stereocenters. The zero-order valence-electron chi connectivity index (χ0n) is 13.2. The van der Waals surface area contributed by atoms with E-state index in [-0.39, 0.29) is 15.5 Å². The molecule has 0 bridgehead atoms. The van der Waals surface area contributed by atoms with Gasteiger partial charge in [-0.15, -0.1) is 0 Å². The van der Waals surface area contributed by atoms with Crippen molar-refractivity contribution in [1.29, 1.82) is 0 Å². The molecule has 2 aromatic rings. The van der Waals surface area contributed by atoms with Crippen LogP contribution in [0.1, 0.15) is 19.8 Å². The molecule has 0 saturated carbocycles. The average molecular weight is 368 g/mol. The minimum atomic E-state index is -3.65. The van der Waals surface area contributed by atoms with Gasteiger partial charge in [-0.05, 0) is 37.0 Å². The SMILES string of the molecule is CC1CCN(S(=O)(=O)c2cc(-c3ccc(=O)[nH]n3)ccc2Cl)CC1. The lowest BCUT2D eigenvalue weighted by Crippen LogP contribution is -2.38. The molecule has 1 aromatic heterocycles. The van der Waals surface area contributed by atoms with Gasteiger partial charge in [-0.1, -0.05) is 24.6 Å². The third kappa shape index (κ3) is 3.38. The first-order chi connectivity index (χ1) is 11.4. The predicted octanol–water partition coefficient (Wildman–Crippen LogP) is 2.51. The Bertz CT molecular complexity index is 883. The van der Waals surface area contributed by atoms with E-state index < -0.39 is 10.0 Å². The number of benzene rings is 1. The fourth-order valence-electron chi connectivity index (χ4n) is 2.73. The highest BCUT2D eigenvalue weighted by atomic mass is 35.5. The minimum Gasteiger partial charge on any atom is -0.268 e. The number of nitrogens with one attached hydrogen (secondary N) is 1. The van der Waals surface area contributed by atoms with Gasteiger partial charge < -0.3 is 0 Å². The Morgan fingerprint density at radius 1 is 1.21 bits per heavy atom. The van der Waals surface area contributed by atoms with Gasteiger partial charge in [0.15, 0.2) is 0 Å². The van der Waals surface area contributed by atoms with Crippen molar-refractivity contribution in [2.45, 2.75) is 24.7 Å². The zero-order chi connectivity index (χ0) is 17.3. The largest absolute Gasteiger partial charge is 0.268 e. The molecule has 1 saturated heterocycles. The van der Waals surface area contributed by atoms with Gasteiger partial charge in [-0.2, -0.15) is 9.40 Å². The van der Waals surface area contributed by atoms with Gasteiger partial charge in [0.05, 0.1) is 10.7 Å². The van der Waals surface area contributed by atoms with Crippen molar-refractivity contribution in [2.75, 3.05) is 13.1 Å². The molecule has 128 valence electrons. The van der Waals surface area contributed by atoms with Gasteiger partial charge >= 0.3 is 0 Å². The number of hydrogen-bond acceptors (Lipinski definition) is 4. The van der Waals surface area contributed by atoms with Crippen molar-refractivity contribution in [1.82, 2.24) is 14.5 Å². The van der Waals surface area contributed by atoms with Crippen LogP contribution in [0, 0.1) is 5.92 Å². The lowest BCUT2D eigenvalue weighted by molar-refractivity contribution is 0.288. The highest BCUT2D eigenvalue weighted by Gasteiger charge is 2.30.